The molecular weight excluding hydrogens is 284 g/mol. The zero-order chi connectivity index (χ0) is 14.8. The fourth-order valence-electron chi connectivity index (χ4n) is 1.52. The molecule has 2 aromatic rings. The Hall–Kier alpha value is -2.26. The second kappa shape index (κ2) is 5.39. The minimum atomic E-state index is -3.66. The van der Waals surface area contributed by atoms with Gasteiger partial charge in [-0.1, -0.05) is 6.07 Å². The van der Waals surface area contributed by atoms with Gasteiger partial charge in [-0.25, -0.2) is 22.9 Å². The van der Waals surface area contributed by atoms with Gasteiger partial charge in [-0.3, -0.25) is 5.10 Å². The zero-order valence-corrected chi connectivity index (χ0v) is 11.3. The number of H-pyrrole nitrogens is 1. The van der Waals surface area contributed by atoms with Gasteiger partial charge in [-0.05, 0) is 18.6 Å². The number of sulfonamides is 1. The first-order valence-corrected chi connectivity index (χ1v) is 7.06. The molecule has 2 rings (SSSR count). The van der Waals surface area contributed by atoms with Crippen molar-refractivity contribution in [3.8, 4) is 0 Å². The molecule has 0 aliphatic rings. The molecule has 8 nitrogen and oxygen atoms in total. The van der Waals surface area contributed by atoms with E-state index in [1.807, 2.05) is 0 Å². The van der Waals surface area contributed by atoms with Crippen LogP contribution in [0.4, 0.5) is 0 Å². The normalized spacial score (nSPS) is 11.4. The molecule has 0 saturated carbocycles. The number of nitrogens with zero attached hydrogens (tertiary/aromatic N) is 2. The van der Waals surface area contributed by atoms with Gasteiger partial charge in [-0.15, -0.1) is 0 Å². The van der Waals surface area contributed by atoms with E-state index in [1.165, 1.54) is 24.5 Å². The van der Waals surface area contributed by atoms with E-state index >= 15 is 0 Å². The van der Waals surface area contributed by atoms with Gasteiger partial charge in [0.2, 0.25) is 10.0 Å². The van der Waals surface area contributed by atoms with E-state index < -0.39 is 16.0 Å². The maximum atomic E-state index is 12.0. The zero-order valence-electron chi connectivity index (χ0n) is 10.5. The van der Waals surface area contributed by atoms with Gasteiger partial charge in [0, 0.05) is 12.7 Å². The minimum absolute atomic E-state index is 0.0137. The predicted octanol–water partition coefficient (Wildman–Crippen LogP) is 0.290. The molecule has 0 atom stereocenters. The van der Waals surface area contributed by atoms with E-state index in [2.05, 4.69) is 19.9 Å². The molecule has 0 saturated heterocycles. The first-order valence-electron chi connectivity index (χ1n) is 5.58. The molecule has 20 heavy (non-hydrogen) atoms. The van der Waals surface area contributed by atoms with Gasteiger partial charge in [0.1, 0.15) is 10.6 Å². The van der Waals surface area contributed by atoms with Gasteiger partial charge >= 0.3 is 5.97 Å². The van der Waals surface area contributed by atoms with Crippen LogP contribution in [0.25, 0.3) is 0 Å². The average Bonchev–Trinajstić information content (AvgIpc) is 2.84. The number of aromatic carboxylic acids is 1. The van der Waals surface area contributed by atoms with E-state index in [0.717, 1.165) is 0 Å². The second-order valence-electron chi connectivity index (χ2n) is 4.04. The molecule has 2 aromatic heterocycles. The smallest absolute Gasteiger partial charge is 0.354 e. The summed E-state index contributed by atoms with van der Waals surface area (Å²) in [5, 5.41) is 14.9. The Morgan fingerprint density at radius 3 is 2.65 bits per heavy atom. The van der Waals surface area contributed by atoms with E-state index in [1.54, 1.807) is 6.92 Å². The number of carboxylic acids is 1. The number of aryl methyl sites for hydroxylation is 1. The lowest BCUT2D eigenvalue weighted by atomic mass is 10.2. The second-order valence-corrected chi connectivity index (χ2v) is 5.78. The number of aromatic amines is 1. The summed E-state index contributed by atoms with van der Waals surface area (Å²) in [5.41, 5.74) is 0.902. The minimum Gasteiger partial charge on any atom is -0.477 e. The number of carboxylic acid groups (broad SMARTS) is 1. The number of pyridine rings is 1. The summed E-state index contributed by atoms with van der Waals surface area (Å²) in [6.45, 7) is 1.62. The highest BCUT2D eigenvalue weighted by Gasteiger charge is 2.18. The monoisotopic (exact) mass is 296 g/mol. The highest BCUT2D eigenvalue weighted by molar-refractivity contribution is 7.89. The lowest BCUT2D eigenvalue weighted by Gasteiger charge is -2.05. The summed E-state index contributed by atoms with van der Waals surface area (Å²) < 4.78 is 26.3. The number of hydrogen-bond acceptors (Lipinski definition) is 5. The van der Waals surface area contributed by atoms with Crippen molar-refractivity contribution >= 4 is 16.0 Å². The van der Waals surface area contributed by atoms with Crippen LogP contribution in [0.5, 0.6) is 0 Å². The van der Waals surface area contributed by atoms with Crippen molar-refractivity contribution in [2.24, 2.45) is 0 Å². The van der Waals surface area contributed by atoms with Crippen molar-refractivity contribution in [3.05, 3.63) is 41.5 Å². The number of rotatable bonds is 5. The summed E-state index contributed by atoms with van der Waals surface area (Å²) in [6, 6.07) is 2.82. The molecular formula is C11H12N4O4S. The summed E-state index contributed by atoms with van der Waals surface area (Å²) in [6.07, 6.45) is 2.54. The highest BCUT2D eigenvalue weighted by atomic mass is 32.2. The molecule has 0 aromatic carbocycles. The SMILES string of the molecule is Cc1[nH]ncc1S(=O)(=O)NCc1ccc(C(=O)O)nc1. The summed E-state index contributed by atoms with van der Waals surface area (Å²) in [5.74, 6) is -1.13. The Kier molecular flexibility index (Phi) is 3.81. The van der Waals surface area contributed by atoms with Gasteiger partial charge in [-0.2, -0.15) is 5.10 Å². The Labute approximate surface area is 114 Å². The Morgan fingerprint density at radius 2 is 2.15 bits per heavy atom. The van der Waals surface area contributed by atoms with Crippen LogP contribution in [0, 0.1) is 6.92 Å². The fourth-order valence-corrected chi connectivity index (χ4v) is 2.67. The Morgan fingerprint density at radius 1 is 1.40 bits per heavy atom. The molecule has 0 radical (unpaired) electrons. The first kappa shape index (κ1) is 14.2. The standard InChI is InChI=1S/C11H12N4O4S/c1-7-10(6-13-15-7)20(18,19)14-5-8-2-3-9(11(16)17)12-4-8/h2-4,6,14H,5H2,1H3,(H,13,15)(H,16,17). The molecule has 0 bridgehead atoms. The van der Waals surface area contributed by atoms with Crippen molar-refractivity contribution < 1.29 is 18.3 Å². The van der Waals surface area contributed by atoms with E-state index in [4.69, 9.17) is 5.11 Å². The van der Waals surface area contributed by atoms with Gasteiger partial charge in [0.15, 0.2) is 0 Å². The lowest BCUT2D eigenvalue weighted by Crippen LogP contribution is -2.23. The van der Waals surface area contributed by atoms with Crippen LogP contribution >= 0.6 is 0 Å². The number of carbonyl (C=O) groups is 1. The quantitative estimate of drug-likeness (QED) is 0.728. The Bertz CT molecular complexity index is 721. The topological polar surface area (TPSA) is 125 Å². The maximum absolute atomic E-state index is 12.0. The third kappa shape index (κ3) is 3.00. The van der Waals surface area contributed by atoms with Crippen LogP contribution in [0.2, 0.25) is 0 Å². The fraction of sp³-hybridized carbons (Fsp3) is 0.182. The van der Waals surface area contributed by atoms with Gasteiger partial charge in [0.05, 0.1) is 11.9 Å². The third-order valence-electron chi connectivity index (χ3n) is 2.58. The summed E-state index contributed by atoms with van der Waals surface area (Å²) >= 11 is 0. The van der Waals surface area contributed by atoms with Crippen LogP contribution in [-0.2, 0) is 16.6 Å². The van der Waals surface area contributed by atoms with Crippen LogP contribution in [0.15, 0.2) is 29.4 Å². The number of hydrogen-bond donors (Lipinski definition) is 3. The molecule has 0 fully saturated rings. The van der Waals surface area contributed by atoms with Crippen molar-refractivity contribution in [3.63, 3.8) is 0 Å². The number of nitrogens with one attached hydrogen (secondary N) is 2. The molecule has 0 aliphatic heterocycles. The molecule has 2 heterocycles. The first-order chi connectivity index (χ1) is 9.40. The van der Waals surface area contributed by atoms with E-state index in [-0.39, 0.29) is 17.1 Å². The van der Waals surface area contributed by atoms with Crippen molar-refractivity contribution in [2.75, 3.05) is 0 Å². The molecule has 0 amide bonds. The predicted molar refractivity (Wildman–Crippen MR) is 68.5 cm³/mol. The molecule has 0 spiro atoms. The van der Waals surface area contributed by atoms with E-state index in [0.29, 0.717) is 11.3 Å². The van der Waals surface area contributed by atoms with E-state index in [9.17, 15) is 13.2 Å². The average molecular weight is 296 g/mol. The maximum Gasteiger partial charge on any atom is 0.354 e. The van der Waals surface area contributed by atoms with Crippen molar-refractivity contribution in [1.82, 2.24) is 19.9 Å². The van der Waals surface area contributed by atoms with Crippen LogP contribution in [-0.4, -0.2) is 34.7 Å². The summed E-state index contributed by atoms with van der Waals surface area (Å²) in [7, 11) is -3.66. The van der Waals surface area contributed by atoms with Crippen LogP contribution < -0.4 is 4.72 Å². The molecule has 9 heteroatoms. The van der Waals surface area contributed by atoms with Gasteiger partial charge in [0.25, 0.3) is 0 Å². The highest BCUT2D eigenvalue weighted by Crippen LogP contribution is 2.11. The molecule has 0 aliphatic carbocycles. The Balaban J connectivity index is 2.09. The van der Waals surface area contributed by atoms with Gasteiger partial charge < -0.3 is 5.11 Å². The largest absolute Gasteiger partial charge is 0.477 e. The molecule has 0 unspecified atom stereocenters. The lowest BCUT2D eigenvalue weighted by molar-refractivity contribution is 0.0690. The number of aromatic nitrogens is 3. The van der Waals surface area contributed by atoms with Crippen LogP contribution in [0.1, 0.15) is 21.7 Å². The molecule has 3 N–H and O–H groups in total. The third-order valence-corrected chi connectivity index (χ3v) is 4.10. The van der Waals surface area contributed by atoms with Crippen LogP contribution in [0.3, 0.4) is 0 Å². The summed E-state index contributed by atoms with van der Waals surface area (Å²) in [4.78, 5) is 14.4. The molecule has 106 valence electrons. The van der Waals surface area contributed by atoms with Crippen molar-refractivity contribution in [1.29, 1.82) is 0 Å². The van der Waals surface area contributed by atoms with Crippen molar-refractivity contribution in [2.45, 2.75) is 18.4 Å².